The first kappa shape index (κ1) is 9.05. The van der Waals surface area contributed by atoms with E-state index < -0.39 is 5.97 Å². The van der Waals surface area contributed by atoms with E-state index in [1.54, 1.807) is 0 Å². The molecule has 6 heteroatoms. The number of aromatic nitrogens is 1. The van der Waals surface area contributed by atoms with Crippen LogP contribution < -0.4 is 4.74 Å². The second kappa shape index (κ2) is 3.57. The molecule has 0 aliphatic heterocycles. The van der Waals surface area contributed by atoms with Crippen LogP contribution in [0, 0.1) is 0 Å². The first-order valence-corrected chi connectivity index (χ1v) is 3.84. The highest BCUT2D eigenvalue weighted by molar-refractivity contribution is 9.10. The normalized spacial score (nSPS) is 9.83. The van der Waals surface area contributed by atoms with Crippen molar-refractivity contribution in [3.63, 3.8) is 0 Å². The van der Waals surface area contributed by atoms with E-state index in [0.29, 0.717) is 4.47 Å². The molecule has 0 fully saturated rings. The highest BCUT2D eigenvalue weighted by atomic mass is 79.9. The maximum absolute atomic E-state index is 10.3. The van der Waals surface area contributed by atoms with Crippen molar-refractivity contribution in [2.45, 2.75) is 6.42 Å². The third-order valence-electron chi connectivity index (χ3n) is 1.18. The lowest BCUT2D eigenvalue weighted by Crippen LogP contribution is -1.99. The molecule has 0 saturated heterocycles. The molecular weight excluding hydrogens is 230 g/mol. The van der Waals surface area contributed by atoms with Crippen LogP contribution in [0.4, 0.5) is 0 Å². The number of carbonyl (C=O) groups is 1. The fourth-order valence-electron chi connectivity index (χ4n) is 0.670. The molecule has 0 unspecified atom stereocenters. The van der Waals surface area contributed by atoms with Crippen molar-refractivity contribution in [2.75, 3.05) is 7.11 Å². The standard InChI is InChI=1S/C6H6BrNO4/c1-11-6-5(7)3(12-8-6)2-4(9)10/h2H2,1H3,(H,9,10). The molecule has 0 aliphatic rings. The zero-order valence-electron chi connectivity index (χ0n) is 6.20. The van der Waals surface area contributed by atoms with Crippen LogP contribution in [0.25, 0.3) is 0 Å². The Labute approximate surface area is 76.4 Å². The SMILES string of the molecule is COc1noc(CC(=O)O)c1Br. The van der Waals surface area contributed by atoms with Gasteiger partial charge in [0.25, 0.3) is 5.88 Å². The van der Waals surface area contributed by atoms with E-state index in [4.69, 9.17) is 14.4 Å². The molecule has 0 aliphatic carbocycles. The average Bonchev–Trinajstić information content (AvgIpc) is 2.32. The fraction of sp³-hybridized carbons (Fsp3) is 0.333. The fourth-order valence-corrected chi connectivity index (χ4v) is 1.12. The van der Waals surface area contributed by atoms with E-state index in [2.05, 4.69) is 21.1 Å². The maximum atomic E-state index is 10.3. The van der Waals surface area contributed by atoms with Crippen LogP contribution >= 0.6 is 15.9 Å². The Morgan fingerprint density at radius 2 is 2.50 bits per heavy atom. The monoisotopic (exact) mass is 235 g/mol. The number of nitrogens with zero attached hydrogens (tertiary/aromatic N) is 1. The maximum Gasteiger partial charge on any atom is 0.311 e. The van der Waals surface area contributed by atoms with Crippen LogP contribution in [0.3, 0.4) is 0 Å². The number of aliphatic carboxylic acids is 1. The Kier molecular flexibility index (Phi) is 2.69. The van der Waals surface area contributed by atoms with Gasteiger partial charge in [-0.3, -0.25) is 4.79 Å². The van der Waals surface area contributed by atoms with Gasteiger partial charge in [-0.15, -0.1) is 0 Å². The molecule has 0 aromatic carbocycles. The molecule has 0 radical (unpaired) electrons. The number of ether oxygens (including phenoxy) is 1. The van der Waals surface area contributed by atoms with Crippen molar-refractivity contribution in [1.82, 2.24) is 5.16 Å². The molecule has 1 rings (SSSR count). The average molecular weight is 236 g/mol. The highest BCUT2D eigenvalue weighted by Crippen LogP contribution is 2.27. The van der Waals surface area contributed by atoms with E-state index in [-0.39, 0.29) is 18.1 Å². The van der Waals surface area contributed by atoms with Crippen molar-refractivity contribution >= 4 is 21.9 Å². The third kappa shape index (κ3) is 1.76. The van der Waals surface area contributed by atoms with Crippen molar-refractivity contribution < 1.29 is 19.2 Å². The minimum Gasteiger partial charge on any atom is -0.481 e. The number of rotatable bonds is 3. The van der Waals surface area contributed by atoms with Gasteiger partial charge in [0.15, 0.2) is 5.76 Å². The molecule has 66 valence electrons. The molecule has 0 atom stereocenters. The lowest BCUT2D eigenvalue weighted by Gasteiger charge is -1.90. The quantitative estimate of drug-likeness (QED) is 0.849. The zero-order chi connectivity index (χ0) is 9.14. The Balaban J connectivity index is 2.87. The summed E-state index contributed by atoms with van der Waals surface area (Å²) >= 11 is 3.10. The topological polar surface area (TPSA) is 72.6 Å². The van der Waals surface area contributed by atoms with Crippen LogP contribution in [-0.2, 0) is 11.2 Å². The van der Waals surface area contributed by atoms with Gasteiger partial charge in [-0.25, -0.2) is 0 Å². The van der Waals surface area contributed by atoms with Gasteiger partial charge >= 0.3 is 5.97 Å². The Morgan fingerprint density at radius 1 is 1.83 bits per heavy atom. The molecule has 1 aromatic rings. The summed E-state index contributed by atoms with van der Waals surface area (Å²) in [6.07, 6.45) is -0.211. The number of carboxylic acids is 1. The molecule has 0 saturated carbocycles. The van der Waals surface area contributed by atoms with Crippen LogP contribution in [0.15, 0.2) is 9.00 Å². The highest BCUT2D eigenvalue weighted by Gasteiger charge is 2.16. The van der Waals surface area contributed by atoms with E-state index in [1.807, 2.05) is 0 Å². The Hall–Kier alpha value is -1.04. The summed E-state index contributed by atoms with van der Waals surface area (Å²) in [5.41, 5.74) is 0. The van der Waals surface area contributed by atoms with Gasteiger partial charge in [0.05, 0.1) is 7.11 Å². The zero-order valence-corrected chi connectivity index (χ0v) is 7.79. The summed E-state index contributed by atoms with van der Waals surface area (Å²) in [5.74, 6) is -0.472. The molecule has 0 spiro atoms. The van der Waals surface area contributed by atoms with Crippen molar-refractivity contribution in [2.24, 2.45) is 0 Å². The summed E-state index contributed by atoms with van der Waals surface area (Å²) in [6.45, 7) is 0. The summed E-state index contributed by atoms with van der Waals surface area (Å²) < 4.78 is 9.91. The molecule has 1 aromatic heterocycles. The van der Waals surface area contributed by atoms with E-state index >= 15 is 0 Å². The van der Waals surface area contributed by atoms with Crippen LogP contribution in [0.2, 0.25) is 0 Å². The molecular formula is C6H6BrNO4. The molecule has 5 nitrogen and oxygen atoms in total. The molecule has 1 N–H and O–H groups in total. The summed E-state index contributed by atoms with van der Waals surface area (Å²) in [6, 6.07) is 0. The number of hydrogen-bond acceptors (Lipinski definition) is 4. The largest absolute Gasteiger partial charge is 0.481 e. The van der Waals surface area contributed by atoms with E-state index in [9.17, 15) is 4.79 Å². The summed E-state index contributed by atoms with van der Waals surface area (Å²) in [4.78, 5) is 10.3. The smallest absolute Gasteiger partial charge is 0.311 e. The van der Waals surface area contributed by atoms with Crippen molar-refractivity contribution in [1.29, 1.82) is 0 Å². The second-order valence-electron chi connectivity index (χ2n) is 2.00. The molecule has 12 heavy (non-hydrogen) atoms. The van der Waals surface area contributed by atoms with E-state index in [1.165, 1.54) is 7.11 Å². The van der Waals surface area contributed by atoms with Gasteiger partial charge in [0, 0.05) is 0 Å². The van der Waals surface area contributed by atoms with Gasteiger partial charge in [0.2, 0.25) is 0 Å². The summed E-state index contributed by atoms with van der Waals surface area (Å²) in [7, 11) is 1.42. The number of halogens is 1. The van der Waals surface area contributed by atoms with Gasteiger partial charge in [-0.1, -0.05) is 0 Å². The Morgan fingerprint density at radius 3 is 2.92 bits per heavy atom. The van der Waals surface area contributed by atoms with Crippen molar-refractivity contribution in [3.8, 4) is 5.88 Å². The molecule has 1 heterocycles. The molecule has 0 amide bonds. The second-order valence-corrected chi connectivity index (χ2v) is 2.79. The first-order chi connectivity index (χ1) is 5.65. The minimum absolute atomic E-state index is 0.211. The lowest BCUT2D eigenvalue weighted by atomic mass is 10.3. The van der Waals surface area contributed by atoms with Gasteiger partial charge in [-0.05, 0) is 21.1 Å². The third-order valence-corrected chi connectivity index (χ3v) is 1.96. The van der Waals surface area contributed by atoms with Gasteiger partial charge in [-0.2, -0.15) is 0 Å². The van der Waals surface area contributed by atoms with Crippen LogP contribution in [0.1, 0.15) is 5.76 Å². The summed E-state index contributed by atoms with van der Waals surface area (Å²) in [5, 5.41) is 11.9. The van der Waals surface area contributed by atoms with Crippen molar-refractivity contribution in [3.05, 3.63) is 10.2 Å². The van der Waals surface area contributed by atoms with Crippen LogP contribution in [-0.4, -0.2) is 23.3 Å². The first-order valence-electron chi connectivity index (χ1n) is 3.05. The number of methoxy groups -OCH3 is 1. The van der Waals surface area contributed by atoms with Crippen LogP contribution in [0.5, 0.6) is 5.88 Å². The number of hydrogen-bond donors (Lipinski definition) is 1. The predicted molar refractivity (Wildman–Crippen MR) is 42.1 cm³/mol. The molecule has 0 bridgehead atoms. The number of carboxylic acid groups (broad SMARTS) is 1. The van der Waals surface area contributed by atoms with E-state index in [0.717, 1.165) is 0 Å². The minimum atomic E-state index is -0.977. The van der Waals surface area contributed by atoms with Gasteiger partial charge in [0.1, 0.15) is 10.9 Å². The van der Waals surface area contributed by atoms with Gasteiger partial charge < -0.3 is 14.4 Å². The predicted octanol–water partition coefficient (Wildman–Crippen LogP) is 1.07. The lowest BCUT2D eigenvalue weighted by molar-refractivity contribution is -0.136. The Bertz CT molecular complexity index is 296.